The number of aryl methyl sites for hydroxylation is 2. The number of carbonyl (C=O) groups excluding carboxylic acids is 1. The van der Waals surface area contributed by atoms with E-state index in [1.807, 2.05) is 49.9 Å². The number of aromatic nitrogens is 4. The summed E-state index contributed by atoms with van der Waals surface area (Å²) in [6, 6.07) is 7.82. The Morgan fingerprint density at radius 1 is 1.22 bits per heavy atom. The molecule has 3 rings (SSSR count). The van der Waals surface area contributed by atoms with Crippen LogP contribution in [0.2, 0.25) is 0 Å². The molecule has 0 saturated heterocycles. The van der Waals surface area contributed by atoms with Crippen molar-refractivity contribution >= 4 is 11.7 Å². The third-order valence-corrected chi connectivity index (χ3v) is 4.84. The van der Waals surface area contributed by atoms with Gasteiger partial charge in [-0.2, -0.15) is 10.1 Å². The smallest absolute Gasteiger partial charge is 0.252 e. The summed E-state index contributed by atoms with van der Waals surface area (Å²) in [5.74, 6) is 1.54. The lowest BCUT2D eigenvalue weighted by Crippen LogP contribution is -2.30. The Hall–Kier alpha value is -2.96. The first-order valence-corrected chi connectivity index (χ1v) is 9.10. The standard InChI is InChI=1S/C20H25N5O2/c1-5-24(12-16-6-8-17(27-4)9-7-16)19(26)11-10-18-14(2)23-20-21-13-22-25(20)15(18)3/h6-9,13H,5,10-12H2,1-4H3. The van der Waals surface area contributed by atoms with Crippen molar-refractivity contribution in [2.75, 3.05) is 13.7 Å². The van der Waals surface area contributed by atoms with E-state index in [4.69, 9.17) is 4.74 Å². The van der Waals surface area contributed by atoms with E-state index in [-0.39, 0.29) is 5.91 Å². The van der Waals surface area contributed by atoms with Gasteiger partial charge in [-0.05, 0) is 50.5 Å². The van der Waals surface area contributed by atoms with Crippen LogP contribution in [0.1, 0.15) is 35.9 Å². The Bertz CT molecular complexity index is 933. The van der Waals surface area contributed by atoms with Crippen LogP contribution in [0, 0.1) is 13.8 Å². The Morgan fingerprint density at radius 2 is 1.96 bits per heavy atom. The largest absolute Gasteiger partial charge is 0.497 e. The summed E-state index contributed by atoms with van der Waals surface area (Å²) in [5.41, 5.74) is 4.03. The minimum Gasteiger partial charge on any atom is -0.497 e. The number of benzene rings is 1. The number of amides is 1. The van der Waals surface area contributed by atoms with Crippen molar-refractivity contribution in [3.63, 3.8) is 0 Å². The van der Waals surface area contributed by atoms with Gasteiger partial charge in [0.15, 0.2) is 0 Å². The number of fused-ring (bicyclic) bond motifs is 1. The van der Waals surface area contributed by atoms with E-state index in [0.717, 1.165) is 28.3 Å². The first kappa shape index (κ1) is 18.8. The van der Waals surface area contributed by atoms with Gasteiger partial charge in [-0.25, -0.2) is 9.50 Å². The zero-order valence-electron chi connectivity index (χ0n) is 16.3. The molecule has 1 aromatic carbocycles. The molecular formula is C20H25N5O2. The molecule has 142 valence electrons. The van der Waals surface area contributed by atoms with Gasteiger partial charge in [-0.3, -0.25) is 4.79 Å². The van der Waals surface area contributed by atoms with Crippen LogP contribution in [0.3, 0.4) is 0 Å². The molecule has 7 nitrogen and oxygen atoms in total. The van der Waals surface area contributed by atoms with Crippen molar-refractivity contribution in [3.8, 4) is 5.75 Å². The summed E-state index contributed by atoms with van der Waals surface area (Å²) in [5, 5.41) is 4.21. The van der Waals surface area contributed by atoms with Crippen LogP contribution >= 0.6 is 0 Å². The van der Waals surface area contributed by atoms with Crippen molar-refractivity contribution in [2.24, 2.45) is 0 Å². The minimum absolute atomic E-state index is 0.130. The molecule has 7 heteroatoms. The zero-order valence-corrected chi connectivity index (χ0v) is 16.3. The summed E-state index contributed by atoms with van der Waals surface area (Å²) in [6.45, 7) is 7.21. The van der Waals surface area contributed by atoms with Gasteiger partial charge in [0.25, 0.3) is 5.78 Å². The summed E-state index contributed by atoms with van der Waals surface area (Å²) in [6.07, 6.45) is 2.57. The molecule has 0 aliphatic heterocycles. The van der Waals surface area contributed by atoms with E-state index >= 15 is 0 Å². The lowest BCUT2D eigenvalue weighted by Gasteiger charge is -2.21. The SMILES string of the molecule is CCN(Cc1ccc(OC)cc1)C(=O)CCc1c(C)nc2ncnn2c1C. The molecule has 0 aliphatic rings. The fourth-order valence-electron chi connectivity index (χ4n) is 3.23. The maximum absolute atomic E-state index is 12.8. The first-order chi connectivity index (χ1) is 13.0. The Balaban J connectivity index is 1.68. The number of methoxy groups -OCH3 is 1. The molecule has 0 saturated carbocycles. The van der Waals surface area contributed by atoms with Gasteiger partial charge in [-0.15, -0.1) is 0 Å². The highest BCUT2D eigenvalue weighted by Crippen LogP contribution is 2.17. The van der Waals surface area contributed by atoms with Crippen LogP contribution in [-0.2, 0) is 17.8 Å². The van der Waals surface area contributed by atoms with E-state index in [1.165, 1.54) is 6.33 Å². The van der Waals surface area contributed by atoms with Crippen LogP contribution in [0.25, 0.3) is 5.78 Å². The van der Waals surface area contributed by atoms with Crippen molar-refractivity contribution in [1.82, 2.24) is 24.5 Å². The predicted octanol–water partition coefficient (Wildman–Crippen LogP) is 2.73. The van der Waals surface area contributed by atoms with Crippen molar-refractivity contribution in [3.05, 3.63) is 53.1 Å². The third kappa shape index (κ3) is 4.07. The second kappa shape index (κ2) is 8.16. The number of hydrogen-bond donors (Lipinski definition) is 0. The van der Waals surface area contributed by atoms with Crippen molar-refractivity contribution in [2.45, 2.75) is 40.2 Å². The number of ether oxygens (including phenoxy) is 1. The average molecular weight is 367 g/mol. The Kier molecular flexibility index (Phi) is 5.69. The molecule has 0 spiro atoms. The van der Waals surface area contributed by atoms with E-state index in [1.54, 1.807) is 11.6 Å². The molecule has 0 fully saturated rings. The molecule has 2 aromatic heterocycles. The van der Waals surface area contributed by atoms with Crippen LogP contribution in [-0.4, -0.2) is 44.0 Å². The first-order valence-electron chi connectivity index (χ1n) is 9.10. The number of hydrogen-bond acceptors (Lipinski definition) is 5. The molecule has 0 unspecified atom stereocenters. The maximum atomic E-state index is 12.8. The quantitative estimate of drug-likeness (QED) is 0.642. The molecule has 0 atom stereocenters. The van der Waals surface area contributed by atoms with Crippen molar-refractivity contribution in [1.29, 1.82) is 0 Å². The van der Waals surface area contributed by atoms with E-state index < -0.39 is 0 Å². The lowest BCUT2D eigenvalue weighted by atomic mass is 10.1. The minimum atomic E-state index is 0.130. The van der Waals surface area contributed by atoms with Crippen LogP contribution in [0.5, 0.6) is 5.75 Å². The van der Waals surface area contributed by atoms with Crippen LogP contribution < -0.4 is 4.74 Å². The van der Waals surface area contributed by atoms with Gasteiger partial charge in [0.05, 0.1) is 7.11 Å². The molecule has 0 aliphatic carbocycles. The molecule has 3 aromatic rings. The van der Waals surface area contributed by atoms with Gasteiger partial charge >= 0.3 is 0 Å². The highest BCUT2D eigenvalue weighted by atomic mass is 16.5. The van der Waals surface area contributed by atoms with Gasteiger partial charge < -0.3 is 9.64 Å². The Morgan fingerprint density at radius 3 is 2.63 bits per heavy atom. The zero-order chi connectivity index (χ0) is 19.4. The average Bonchev–Trinajstić information content (AvgIpc) is 3.14. The topological polar surface area (TPSA) is 72.6 Å². The summed E-state index contributed by atoms with van der Waals surface area (Å²) in [4.78, 5) is 23.2. The number of nitrogens with zero attached hydrogens (tertiary/aromatic N) is 5. The maximum Gasteiger partial charge on any atom is 0.252 e. The summed E-state index contributed by atoms with van der Waals surface area (Å²) in [7, 11) is 1.65. The highest BCUT2D eigenvalue weighted by molar-refractivity contribution is 5.76. The molecule has 2 heterocycles. The second-order valence-corrected chi connectivity index (χ2v) is 6.49. The fraction of sp³-hybridized carbons (Fsp3) is 0.400. The molecule has 0 N–H and O–H groups in total. The van der Waals surface area contributed by atoms with E-state index in [2.05, 4.69) is 15.1 Å². The molecule has 27 heavy (non-hydrogen) atoms. The van der Waals surface area contributed by atoms with Gasteiger partial charge in [0.1, 0.15) is 12.1 Å². The number of carbonyl (C=O) groups is 1. The molecule has 0 radical (unpaired) electrons. The fourth-order valence-corrected chi connectivity index (χ4v) is 3.23. The molecular weight excluding hydrogens is 342 g/mol. The van der Waals surface area contributed by atoms with Gasteiger partial charge in [0.2, 0.25) is 5.91 Å². The number of rotatable bonds is 7. The van der Waals surface area contributed by atoms with Gasteiger partial charge in [-0.1, -0.05) is 12.1 Å². The molecule has 0 bridgehead atoms. The van der Waals surface area contributed by atoms with Crippen molar-refractivity contribution < 1.29 is 9.53 Å². The van der Waals surface area contributed by atoms with E-state index in [9.17, 15) is 4.79 Å². The second-order valence-electron chi connectivity index (χ2n) is 6.49. The molecule has 1 amide bonds. The van der Waals surface area contributed by atoms with Crippen LogP contribution in [0.15, 0.2) is 30.6 Å². The lowest BCUT2D eigenvalue weighted by molar-refractivity contribution is -0.131. The summed E-state index contributed by atoms with van der Waals surface area (Å²) < 4.78 is 6.91. The summed E-state index contributed by atoms with van der Waals surface area (Å²) >= 11 is 0. The normalized spacial score (nSPS) is 11.0. The van der Waals surface area contributed by atoms with Gasteiger partial charge in [0, 0.05) is 30.9 Å². The Labute approximate surface area is 159 Å². The predicted molar refractivity (Wildman–Crippen MR) is 103 cm³/mol. The highest BCUT2D eigenvalue weighted by Gasteiger charge is 2.16. The van der Waals surface area contributed by atoms with E-state index in [0.29, 0.717) is 31.7 Å². The van der Waals surface area contributed by atoms with Crippen LogP contribution in [0.4, 0.5) is 0 Å². The monoisotopic (exact) mass is 367 g/mol. The third-order valence-electron chi connectivity index (χ3n) is 4.84.